The topological polar surface area (TPSA) is 80.6 Å². The van der Waals surface area contributed by atoms with E-state index in [2.05, 4.69) is 19.9 Å². The summed E-state index contributed by atoms with van der Waals surface area (Å²) < 4.78 is 10.8. The summed E-state index contributed by atoms with van der Waals surface area (Å²) >= 11 is 6.12. The Hall–Kier alpha value is -1.83. The molecule has 1 atom stereocenters. The molecule has 128 valence electrons. The van der Waals surface area contributed by atoms with E-state index in [4.69, 9.17) is 26.6 Å². The molecule has 0 saturated carbocycles. The Bertz CT molecular complexity index is 742. The molecule has 0 aliphatic carbocycles. The molecule has 5 rings (SSSR count). The minimum Gasteiger partial charge on any atom is -0.496 e. The van der Waals surface area contributed by atoms with Gasteiger partial charge in [0.25, 0.3) is 0 Å². The standard InChI is InChI=1S/C16H20ClN5O2/c1-23-14-8-13(18)12(17)7-11(14)16-19-15(24-20-16)6-10-9-21-2-4-22(10)5-3-21/h7-8,10H,2-6,9,18H2,1H3. The van der Waals surface area contributed by atoms with Gasteiger partial charge in [-0.2, -0.15) is 4.98 Å². The number of benzene rings is 1. The average Bonchev–Trinajstić information content (AvgIpc) is 3.06. The molecule has 2 N–H and O–H groups in total. The normalized spacial score (nSPS) is 25.8. The zero-order valence-electron chi connectivity index (χ0n) is 13.5. The van der Waals surface area contributed by atoms with E-state index in [0.717, 1.165) is 39.1 Å². The first kappa shape index (κ1) is 15.7. The highest BCUT2D eigenvalue weighted by atomic mass is 35.5. The molecule has 1 aromatic heterocycles. The summed E-state index contributed by atoms with van der Waals surface area (Å²) in [4.78, 5) is 9.53. The number of methoxy groups -OCH3 is 1. The molecule has 3 fully saturated rings. The highest BCUT2D eigenvalue weighted by molar-refractivity contribution is 6.33. The average molecular weight is 350 g/mol. The van der Waals surface area contributed by atoms with Gasteiger partial charge in [0.15, 0.2) is 0 Å². The van der Waals surface area contributed by atoms with E-state index in [0.29, 0.717) is 39.8 Å². The molecule has 3 saturated heterocycles. The molecule has 0 spiro atoms. The maximum Gasteiger partial charge on any atom is 0.228 e. The van der Waals surface area contributed by atoms with Crippen LogP contribution in [-0.4, -0.2) is 65.8 Å². The number of nitrogens with two attached hydrogens (primary N) is 1. The lowest BCUT2D eigenvalue weighted by atomic mass is 10.1. The molecule has 8 heteroatoms. The zero-order valence-corrected chi connectivity index (χ0v) is 14.3. The fraction of sp³-hybridized carbons (Fsp3) is 0.500. The first-order chi connectivity index (χ1) is 11.6. The first-order valence-electron chi connectivity index (χ1n) is 8.06. The second kappa shape index (κ2) is 6.23. The molecule has 24 heavy (non-hydrogen) atoms. The van der Waals surface area contributed by atoms with Crippen LogP contribution in [-0.2, 0) is 6.42 Å². The Kier molecular flexibility index (Phi) is 4.07. The SMILES string of the molecule is COc1cc(N)c(Cl)cc1-c1noc(CC2CN3CCN2CC3)n1. The lowest BCUT2D eigenvalue weighted by Crippen LogP contribution is -2.61. The molecule has 0 radical (unpaired) electrons. The van der Waals surface area contributed by atoms with Gasteiger partial charge in [0, 0.05) is 51.3 Å². The van der Waals surface area contributed by atoms with Crippen LogP contribution in [0.4, 0.5) is 5.69 Å². The molecule has 2 aromatic rings. The second-order valence-electron chi connectivity index (χ2n) is 6.28. The third kappa shape index (κ3) is 2.83. The monoisotopic (exact) mass is 349 g/mol. The highest BCUT2D eigenvalue weighted by Gasteiger charge is 2.33. The molecule has 2 bridgehead atoms. The van der Waals surface area contributed by atoms with Crippen LogP contribution in [0.15, 0.2) is 16.7 Å². The number of rotatable bonds is 4. The Labute approximate surface area is 145 Å². The number of piperazine rings is 3. The minimum absolute atomic E-state index is 0.442. The van der Waals surface area contributed by atoms with Gasteiger partial charge in [0.05, 0.1) is 23.4 Å². The molecule has 4 heterocycles. The number of ether oxygens (including phenoxy) is 1. The Morgan fingerprint density at radius 1 is 1.33 bits per heavy atom. The van der Waals surface area contributed by atoms with Gasteiger partial charge < -0.3 is 15.0 Å². The van der Waals surface area contributed by atoms with Crippen molar-refractivity contribution in [1.29, 1.82) is 0 Å². The summed E-state index contributed by atoms with van der Waals surface area (Å²) in [5.74, 6) is 1.69. The molecular formula is C16H20ClN5O2. The van der Waals surface area contributed by atoms with Crippen LogP contribution in [0.2, 0.25) is 5.02 Å². The van der Waals surface area contributed by atoms with Crippen LogP contribution in [0.5, 0.6) is 5.75 Å². The first-order valence-corrected chi connectivity index (χ1v) is 8.44. The number of aromatic nitrogens is 2. The minimum atomic E-state index is 0.442. The lowest BCUT2D eigenvalue weighted by molar-refractivity contribution is 0.0106. The predicted molar refractivity (Wildman–Crippen MR) is 91.2 cm³/mol. The van der Waals surface area contributed by atoms with E-state index in [-0.39, 0.29) is 0 Å². The third-order valence-electron chi connectivity index (χ3n) is 4.83. The molecular weight excluding hydrogens is 330 g/mol. The van der Waals surface area contributed by atoms with E-state index in [1.807, 2.05) is 0 Å². The van der Waals surface area contributed by atoms with Gasteiger partial charge in [-0.1, -0.05) is 16.8 Å². The van der Waals surface area contributed by atoms with E-state index >= 15 is 0 Å². The van der Waals surface area contributed by atoms with Crippen molar-refractivity contribution < 1.29 is 9.26 Å². The van der Waals surface area contributed by atoms with Crippen molar-refractivity contribution in [1.82, 2.24) is 19.9 Å². The summed E-state index contributed by atoms with van der Waals surface area (Å²) in [6.45, 7) is 5.62. The van der Waals surface area contributed by atoms with Gasteiger partial charge in [0.2, 0.25) is 11.7 Å². The third-order valence-corrected chi connectivity index (χ3v) is 5.16. The molecule has 7 nitrogen and oxygen atoms in total. The Morgan fingerprint density at radius 2 is 2.12 bits per heavy atom. The molecule has 1 unspecified atom stereocenters. The fourth-order valence-corrected chi connectivity index (χ4v) is 3.64. The quantitative estimate of drug-likeness (QED) is 0.838. The van der Waals surface area contributed by atoms with E-state index < -0.39 is 0 Å². The number of fused-ring (bicyclic) bond motifs is 3. The maximum atomic E-state index is 6.12. The van der Waals surface area contributed by atoms with Crippen LogP contribution in [0.25, 0.3) is 11.4 Å². The smallest absolute Gasteiger partial charge is 0.228 e. The summed E-state index contributed by atoms with van der Waals surface area (Å²) in [5, 5.41) is 4.54. The Balaban J connectivity index is 1.56. The molecule has 0 amide bonds. The van der Waals surface area contributed by atoms with E-state index in [1.165, 1.54) is 0 Å². The van der Waals surface area contributed by atoms with Gasteiger partial charge >= 0.3 is 0 Å². The molecule has 3 aliphatic rings. The zero-order chi connectivity index (χ0) is 16.7. The summed E-state index contributed by atoms with van der Waals surface area (Å²) in [6.07, 6.45) is 0.758. The van der Waals surface area contributed by atoms with Gasteiger partial charge in [-0.3, -0.25) is 9.80 Å². The summed E-state index contributed by atoms with van der Waals surface area (Å²) in [5.41, 5.74) is 6.96. The fourth-order valence-electron chi connectivity index (χ4n) is 3.48. The molecule has 3 aliphatic heterocycles. The van der Waals surface area contributed by atoms with Gasteiger partial charge in [-0.05, 0) is 6.07 Å². The van der Waals surface area contributed by atoms with Crippen LogP contribution < -0.4 is 10.5 Å². The predicted octanol–water partition coefficient (Wildman–Crippen LogP) is 1.52. The van der Waals surface area contributed by atoms with Crippen LogP contribution in [0.1, 0.15) is 5.89 Å². The van der Waals surface area contributed by atoms with Crippen molar-refractivity contribution in [2.45, 2.75) is 12.5 Å². The van der Waals surface area contributed by atoms with Crippen molar-refractivity contribution in [3.05, 3.63) is 23.0 Å². The number of nitrogens with zero attached hydrogens (tertiary/aromatic N) is 4. The number of hydrogen-bond donors (Lipinski definition) is 1. The lowest BCUT2D eigenvalue weighted by Gasteiger charge is -2.47. The van der Waals surface area contributed by atoms with E-state index in [1.54, 1.807) is 19.2 Å². The van der Waals surface area contributed by atoms with Gasteiger partial charge in [0.1, 0.15) is 5.75 Å². The van der Waals surface area contributed by atoms with E-state index in [9.17, 15) is 0 Å². The van der Waals surface area contributed by atoms with Crippen LogP contribution in [0.3, 0.4) is 0 Å². The van der Waals surface area contributed by atoms with Crippen molar-refractivity contribution >= 4 is 17.3 Å². The maximum absolute atomic E-state index is 6.12. The van der Waals surface area contributed by atoms with Gasteiger partial charge in [-0.15, -0.1) is 0 Å². The van der Waals surface area contributed by atoms with Crippen molar-refractivity contribution in [2.75, 3.05) is 45.6 Å². The summed E-state index contributed by atoms with van der Waals surface area (Å²) in [6, 6.07) is 3.83. The van der Waals surface area contributed by atoms with Crippen molar-refractivity contribution in [3.8, 4) is 17.1 Å². The van der Waals surface area contributed by atoms with Crippen LogP contribution >= 0.6 is 11.6 Å². The highest BCUT2D eigenvalue weighted by Crippen LogP contribution is 2.34. The summed E-state index contributed by atoms with van der Waals surface area (Å²) in [7, 11) is 1.58. The number of halogens is 1. The largest absolute Gasteiger partial charge is 0.496 e. The number of nitrogen functional groups attached to an aromatic ring is 1. The Morgan fingerprint density at radius 3 is 2.79 bits per heavy atom. The second-order valence-corrected chi connectivity index (χ2v) is 6.69. The molecule has 1 aromatic carbocycles. The number of hydrogen-bond acceptors (Lipinski definition) is 7. The van der Waals surface area contributed by atoms with Crippen molar-refractivity contribution in [2.24, 2.45) is 0 Å². The van der Waals surface area contributed by atoms with Crippen LogP contribution in [0, 0.1) is 0 Å². The number of anilines is 1. The van der Waals surface area contributed by atoms with Crippen molar-refractivity contribution in [3.63, 3.8) is 0 Å². The van der Waals surface area contributed by atoms with Gasteiger partial charge in [-0.25, -0.2) is 0 Å².